The average molecular weight is 515 g/mol. The summed E-state index contributed by atoms with van der Waals surface area (Å²) in [6.45, 7) is 1.79. The van der Waals surface area contributed by atoms with Crippen molar-refractivity contribution in [2.45, 2.75) is 13.2 Å². The number of ether oxygens (including phenoxy) is 1. The lowest BCUT2D eigenvalue weighted by Crippen LogP contribution is -2.32. The molecular formula is C19H18BrCl2N5O3. The Hall–Kier alpha value is -2.33. The number of carbonyl (C=O) groups excluding carboxylic acids is 1. The molecule has 3 rings (SSSR count). The van der Waals surface area contributed by atoms with Crippen LogP contribution in [0.25, 0.3) is 0 Å². The molecule has 158 valence electrons. The molecule has 8 nitrogen and oxygen atoms in total. The lowest BCUT2D eigenvalue weighted by molar-refractivity contribution is 0.0944. The average Bonchev–Trinajstić information content (AvgIpc) is 3.15. The zero-order chi connectivity index (χ0) is 21.5. The second-order valence-corrected chi connectivity index (χ2v) is 7.95. The van der Waals surface area contributed by atoms with Crippen molar-refractivity contribution in [2.24, 2.45) is 0 Å². The van der Waals surface area contributed by atoms with Gasteiger partial charge in [-0.2, -0.15) is 0 Å². The van der Waals surface area contributed by atoms with Gasteiger partial charge in [-0.3, -0.25) is 4.79 Å². The normalized spacial score (nSPS) is 10.8. The number of nitrogens with two attached hydrogens (primary N) is 1. The molecule has 30 heavy (non-hydrogen) atoms. The molecule has 0 aliphatic rings. The summed E-state index contributed by atoms with van der Waals surface area (Å²) in [7, 11) is 0. The van der Waals surface area contributed by atoms with Gasteiger partial charge >= 0.3 is 0 Å². The van der Waals surface area contributed by atoms with Crippen LogP contribution in [0.2, 0.25) is 10.0 Å². The molecule has 0 bridgehead atoms. The summed E-state index contributed by atoms with van der Waals surface area (Å²) in [4.78, 5) is 11.9. The monoisotopic (exact) mass is 513 g/mol. The van der Waals surface area contributed by atoms with Gasteiger partial charge in [-0.15, -0.1) is 0 Å². The highest BCUT2D eigenvalue weighted by Crippen LogP contribution is 2.26. The quantitative estimate of drug-likeness (QED) is 0.372. The van der Waals surface area contributed by atoms with Crippen molar-refractivity contribution in [2.75, 3.05) is 18.8 Å². The first-order valence-corrected chi connectivity index (χ1v) is 10.4. The molecule has 0 radical (unpaired) electrons. The van der Waals surface area contributed by atoms with Gasteiger partial charge in [0, 0.05) is 29.7 Å². The summed E-state index contributed by atoms with van der Waals surface area (Å²) in [6.07, 6.45) is 0. The van der Waals surface area contributed by atoms with Gasteiger partial charge in [0.05, 0.1) is 10.0 Å². The number of hydrogen-bond donors (Lipinski definition) is 3. The first-order chi connectivity index (χ1) is 14.4. The summed E-state index contributed by atoms with van der Waals surface area (Å²) >= 11 is 15.5. The summed E-state index contributed by atoms with van der Waals surface area (Å²) in [5.74, 6) is 0.254. The topological polar surface area (TPSA) is 115 Å². The van der Waals surface area contributed by atoms with Gasteiger partial charge in [-0.05, 0) is 46.2 Å². The predicted octanol–water partition coefficient (Wildman–Crippen LogP) is 3.82. The molecular weight excluding hydrogens is 497 g/mol. The van der Waals surface area contributed by atoms with Crippen LogP contribution in [0.1, 0.15) is 21.6 Å². The molecule has 0 fully saturated rings. The molecule has 0 spiro atoms. The molecule has 3 aromatic rings. The Morgan fingerprint density at radius 3 is 2.70 bits per heavy atom. The van der Waals surface area contributed by atoms with E-state index >= 15 is 0 Å². The zero-order valence-corrected chi connectivity index (χ0v) is 18.7. The first kappa shape index (κ1) is 22.4. The number of halogens is 3. The Labute approximate surface area is 191 Å². The third kappa shape index (κ3) is 6.09. The van der Waals surface area contributed by atoms with E-state index < -0.39 is 5.91 Å². The lowest BCUT2D eigenvalue weighted by atomic mass is 10.2. The van der Waals surface area contributed by atoms with Crippen LogP contribution in [-0.4, -0.2) is 29.3 Å². The highest BCUT2D eigenvalue weighted by molar-refractivity contribution is 9.10. The number of hydrogen-bond acceptors (Lipinski definition) is 7. The van der Waals surface area contributed by atoms with E-state index in [9.17, 15) is 4.79 Å². The third-order valence-electron chi connectivity index (χ3n) is 4.03. The van der Waals surface area contributed by atoms with E-state index in [1.807, 2.05) is 24.3 Å². The maximum atomic E-state index is 11.9. The number of nitrogens with zero attached hydrogens (tertiary/aromatic N) is 2. The van der Waals surface area contributed by atoms with Crippen molar-refractivity contribution in [3.63, 3.8) is 0 Å². The van der Waals surface area contributed by atoms with E-state index in [1.165, 1.54) is 0 Å². The van der Waals surface area contributed by atoms with E-state index in [1.54, 1.807) is 12.1 Å². The van der Waals surface area contributed by atoms with Gasteiger partial charge in [0.15, 0.2) is 0 Å². The van der Waals surface area contributed by atoms with Gasteiger partial charge in [0.2, 0.25) is 11.5 Å². The summed E-state index contributed by atoms with van der Waals surface area (Å²) in [6, 6.07) is 11.2. The molecule has 1 aromatic heterocycles. The molecule has 0 atom stereocenters. The fraction of sp³-hybridized carbons (Fsp3) is 0.211. The van der Waals surface area contributed by atoms with Crippen LogP contribution in [0.5, 0.6) is 5.75 Å². The van der Waals surface area contributed by atoms with Gasteiger partial charge < -0.3 is 21.1 Å². The molecule has 11 heteroatoms. The van der Waals surface area contributed by atoms with Crippen LogP contribution >= 0.6 is 39.1 Å². The van der Waals surface area contributed by atoms with Crippen molar-refractivity contribution in [3.8, 4) is 5.75 Å². The lowest BCUT2D eigenvalue weighted by Gasteiger charge is -2.13. The van der Waals surface area contributed by atoms with Crippen LogP contribution in [0.4, 0.5) is 5.82 Å². The van der Waals surface area contributed by atoms with Gasteiger partial charge in [-0.1, -0.05) is 45.2 Å². The van der Waals surface area contributed by atoms with E-state index in [4.69, 9.17) is 33.7 Å². The van der Waals surface area contributed by atoms with Crippen molar-refractivity contribution in [3.05, 3.63) is 67.7 Å². The van der Waals surface area contributed by atoms with Crippen LogP contribution < -0.4 is 21.1 Å². The minimum Gasteiger partial charge on any atom is -0.489 e. The highest BCUT2D eigenvalue weighted by atomic mass is 79.9. The standard InChI is InChI=1S/C19H18BrCl2N5O3/c20-13-2-4-16(29-10-11-1-3-14(21)15(22)7-11)12(8-13)9-24-5-6-25-19(28)17-18(23)27-30-26-17/h1-4,7-8,24H,5-6,9-10H2,(H2,23,27)(H,25,28). The fourth-order valence-corrected chi connectivity index (χ4v) is 3.27. The van der Waals surface area contributed by atoms with Crippen LogP contribution in [0.3, 0.4) is 0 Å². The summed E-state index contributed by atoms with van der Waals surface area (Å²) in [5, 5.41) is 13.8. The maximum Gasteiger partial charge on any atom is 0.277 e. The largest absolute Gasteiger partial charge is 0.489 e. The summed E-state index contributed by atoms with van der Waals surface area (Å²) < 4.78 is 11.3. The number of nitrogen functional groups attached to an aromatic ring is 1. The molecule has 0 saturated carbocycles. The highest BCUT2D eigenvalue weighted by Gasteiger charge is 2.15. The van der Waals surface area contributed by atoms with Crippen molar-refractivity contribution in [1.82, 2.24) is 20.9 Å². The number of amides is 1. The van der Waals surface area contributed by atoms with Crippen molar-refractivity contribution >= 4 is 50.9 Å². The molecule has 0 aliphatic carbocycles. The molecule has 0 aliphatic heterocycles. The van der Waals surface area contributed by atoms with E-state index in [-0.39, 0.29) is 11.5 Å². The van der Waals surface area contributed by atoms with Crippen LogP contribution in [-0.2, 0) is 13.2 Å². The number of nitrogens with one attached hydrogen (secondary N) is 2. The molecule has 2 aromatic carbocycles. The minimum absolute atomic E-state index is 0.0278. The first-order valence-electron chi connectivity index (χ1n) is 8.86. The minimum atomic E-state index is -0.441. The van der Waals surface area contributed by atoms with Crippen molar-refractivity contribution in [1.29, 1.82) is 0 Å². The second kappa shape index (κ2) is 10.6. The van der Waals surface area contributed by atoms with E-state index in [0.717, 1.165) is 21.3 Å². The Kier molecular flexibility index (Phi) is 7.92. The Morgan fingerprint density at radius 1 is 1.13 bits per heavy atom. The number of carbonyl (C=O) groups is 1. The van der Waals surface area contributed by atoms with Gasteiger partial charge in [0.1, 0.15) is 12.4 Å². The molecule has 0 unspecified atom stereocenters. The fourth-order valence-electron chi connectivity index (χ4n) is 2.54. The Balaban J connectivity index is 1.50. The number of benzene rings is 2. The number of rotatable bonds is 9. The van der Waals surface area contributed by atoms with Gasteiger partial charge in [-0.25, -0.2) is 4.63 Å². The molecule has 4 N–H and O–H groups in total. The van der Waals surface area contributed by atoms with Gasteiger partial charge in [0.25, 0.3) is 5.91 Å². The second-order valence-electron chi connectivity index (χ2n) is 6.22. The predicted molar refractivity (Wildman–Crippen MR) is 118 cm³/mol. The van der Waals surface area contributed by atoms with Crippen LogP contribution in [0, 0.1) is 0 Å². The summed E-state index contributed by atoms with van der Waals surface area (Å²) in [5.41, 5.74) is 7.33. The van der Waals surface area contributed by atoms with Crippen molar-refractivity contribution < 1.29 is 14.2 Å². The number of anilines is 1. The smallest absolute Gasteiger partial charge is 0.277 e. The van der Waals surface area contributed by atoms with E-state index in [0.29, 0.717) is 36.3 Å². The van der Waals surface area contributed by atoms with E-state index in [2.05, 4.69) is 41.5 Å². The third-order valence-corrected chi connectivity index (χ3v) is 5.26. The number of aromatic nitrogens is 2. The molecule has 0 saturated heterocycles. The Bertz CT molecular complexity index is 1030. The molecule has 1 amide bonds. The SMILES string of the molecule is Nc1nonc1C(=O)NCCNCc1cc(Br)ccc1OCc1ccc(Cl)c(Cl)c1. The molecule has 1 heterocycles. The van der Waals surface area contributed by atoms with Crippen LogP contribution in [0.15, 0.2) is 45.5 Å². The zero-order valence-electron chi connectivity index (χ0n) is 15.6. The Morgan fingerprint density at radius 2 is 1.97 bits per heavy atom. The maximum absolute atomic E-state index is 11.9.